The quantitative estimate of drug-likeness (QED) is 0.879. The molecule has 1 aliphatic heterocycles. The van der Waals surface area contributed by atoms with Gasteiger partial charge in [0.1, 0.15) is 12.1 Å². The van der Waals surface area contributed by atoms with Crippen LogP contribution in [0.15, 0.2) is 18.7 Å². The summed E-state index contributed by atoms with van der Waals surface area (Å²) < 4.78 is 2.07. The Morgan fingerprint density at radius 3 is 2.90 bits per heavy atom. The number of rotatable bonds is 4. The van der Waals surface area contributed by atoms with Gasteiger partial charge >= 0.3 is 0 Å². The second kappa shape index (κ2) is 5.54. The topological polar surface area (TPSA) is 71.8 Å². The van der Waals surface area contributed by atoms with Crippen molar-refractivity contribution in [2.75, 3.05) is 11.4 Å². The molecule has 0 fully saturated rings. The largest absolute Gasteiger partial charge is 0.346 e. The molecule has 7 nitrogen and oxygen atoms in total. The van der Waals surface area contributed by atoms with E-state index in [9.17, 15) is 0 Å². The Hall–Kier alpha value is -2.02. The van der Waals surface area contributed by atoms with Gasteiger partial charge in [0, 0.05) is 25.7 Å². The molecule has 3 rings (SSSR count). The van der Waals surface area contributed by atoms with Crippen molar-refractivity contribution >= 4 is 5.82 Å². The van der Waals surface area contributed by atoms with Gasteiger partial charge in [-0.05, 0) is 0 Å². The van der Waals surface area contributed by atoms with Crippen LogP contribution in [-0.4, -0.2) is 37.3 Å². The molecule has 0 saturated heterocycles. The molecule has 0 aromatic carbocycles. The molecule has 0 bridgehead atoms. The molecular formula is C13H19N7. The molecular weight excluding hydrogens is 254 g/mol. The molecule has 0 aliphatic carbocycles. The van der Waals surface area contributed by atoms with E-state index < -0.39 is 0 Å². The predicted molar refractivity (Wildman–Crippen MR) is 75.1 cm³/mol. The first kappa shape index (κ1) is 13.0. The van der Waals surface area contributed by atoms with E-state index in [1.54, 1.807) is 6.33 Å². The summed E-state index contributed by atoms with van der Waals surface area (Å²) in [5, 5.41) is 11.4. The average molecular weight is 273 g/mol. The van der Waals surface area contributed by atoms with Crippen molar-refractivity contribution in [2.45, 2.75) is 39.5 Å². The molecule has 3 heterocycles. The number of nitrogens with zero attached hydrogens (tertiary/aromatic N) is 6. The summed E-state index contributed by atoms with van der Waals surface area (Å²) in [6.07, 6.45) is 5.45. The van der Waals surface area contributed by atoms with Gasteiger partial charge in [-0.15, -0.1) is 10.2 Å². The lowest BCUT2D eigenvalue weighted by Gasteiger charge is -2.27. The van der Waals surface area contributed by atoms with Gasteiger partial charge in [-0.2, -0.15) is 0 Å². The minimum Gasteiger partial charge on any atom is -0.346 e. The van der Waals surface area contributed by atoms with Crippen LogP contribution in [-0.2, 0) is 19.6 Å². The molecule has 0 atom stereocenters. The van der Waals surface area contributed by atoms with Crippen LogP contribution in [0.3, 0.4) is 0 Å². The van der Waals surface area contributed by atoms with Crippen LogP contribution in [0.5, 0.6) is 0 Å². The maximum Gasteiger partial charge on any atom is 0.152 e. The van der Waals surface area contributed by atoms with Crippen LogP contribution in [0, 0.1) is 0 Å². The van der Waals surface area contributed by atoms with E-state index in [0.717, 1.165) is 43.5 Å². The third-order valence-electron chi connectivity index (χ3n) is 3.35. The fraction of sp³-hybridized carbons (Fsp3) is 0.538. The first-order chi connectivity index (χ1) is 9.72. The maximum atomic E-state index is 4.50. The molecule has 0 unspecified atom stereocenters. The van der Waals surface area contributed by atoms with Gasteiger partial charge in [0.25, 0.3) is 0 Å². The maximum absolute atomic E-state index is 4.50. The summed E-state index contributed by atoms with van der Waals surface area (Å²) >= 11 is 0. The fourth-order valence-corrected chi connectivity index (χ4v) is 2.17. The normalized spacial score (nSPS) is 14.7. The summed E-state index contributed by atoms with van der Waals surface area (Å²) in [7, 11) is 0. The van der Waals surface area contributed by atoms with Gasteiger partial charge in [0.15, 0.2) is 5.82 Å². The summed E-state index contributed by atoms with van der Waals surface area (Å²) in [5.41, 5.74) is 0.961. The van der Waals surface area contributed by atoms with Crippen LogP contribution < -0.4 is 10.2 Å². The minimum atomic E-state index is 0.449. The molecule has 0 spiro atoms. The second-order valence-electron chi connectivity index (χ2n) is 5.26. The Kier molecular flexibility index (Phi) is 3.60. The zero-order chi connectivity index (χ0) is 13.9. The lowest BCUT2D eigenvalue weighted by atomic mass is 10.3. The Bertz CT molecular complexity index is 560. The highest BCUT2D eigenvalue weighted by Crippen LogP contribution is 2.16. The molecule has 0 amide bonds. The third kappa shape index (κ3) is 2.77. The Morgan fingerprint density at radius 2 is 2.15 bits per heavy atom. The molecule has 0 radical (unpaired) electrons. The van der Waals surface area contributed by atoms with Crippen LogP contribution in [0.2, 0.25) is 0 Å². The first-order valence-corrected chi connectivity index (χ1v) is 6.88. The zero-order valence-electron chi connectivity index (χ0n) is 11.8. The molecule has 2 aromatic heterocycles. The lowest BCUT2D eigenvalue weighted by molar-refractivity contribution is 0.553. The van der Waals surface area contributed by atoms with Gasteiger partial charge < -0.3 is 14.8 Å². The number of hydrogen-bond donors (Lipinski definition) is 1. The summed E-state index contributed by atoms with van der Waals surface area (Å²) in [5.74, 6) is 1.87. The molecule has 2 aromatic rings. The minimum absolute atomic E-state index is 0.449. The van der Waals surface area contributed by atoms with Crippen LogP contribution in [0.4, 0.5) is 5.82 Å². The highest BCUT2D eigenvalue weighted by atomic mass is 15.3. The molecule has 20 heavy (non-hydrogen) atoms. The zero-order valence-corrected chi connectivity index (χ0v) is 11.8. The Morgan fingerprint density at radius 1 is 1.25 bits per heavy atom. The van der Waals surface area contributed by atoms with E-state index in [2.05, 4.69) is 48.8 Å². The number of hydrogen-bond acceptors (Lipinski definition) is 6. The predicted octanol–water partition coefficient (Wildman–Crippen LogP) is 0.586. The highest BCUT2D eigenvalue weighted by Gasteiger charge is 2.18. The number of nitrogens with one attached hydrogen (secondary N) is 1. The number of aromatic nitrogens is 5. The lowest BCUT2D eigenvalue weighted by Crippen LogP contribution is -2.34. The molecule has 0 saturated carbocycles. The third-order valence-corrected chi connectivity index (χ3v) is 3.35. The van der Waals surface area contributed by atoms with E-state index in [4.69, 9.17) is 0 Å². The van der Waals surface area contributed by atoms with Gasteiger partial charge in [0.05, 0.1) is 24.6 Å². The van der Waals surface area contributed by atoms with Crippen molar-refractivity contribution < 1.29 is 0 Å². The van der Waals surface area contributed by atoms with Gasteiger partial charge in [0.2, 0.25) is 0 Å². The summed E-state index contributed by atoms with van der Waals surface area (Å²) in [6.45, 7) is 7.51. The standard InChI is InChI=1S/C13H19N7/c1-10(2)14-5-11-6-16-12(7-15-11)19-3-4-20-9-17-18-13(20)8-19/h6-7,9-10,14H,3-5,8H2,1-2H3. The van der Waals surface area contributed by atoms with E-state index in [1.807, 2.05) is 12.4 Å². The molecule has 106 valence electrons. The van der Waals surface area contributed by atoms with Crippen molar-refractivity contribution in [1.29, 1.82) is 0 Å². The van der Waals surface area contributed by atoms with Gasteiger partial charge in [-0.25, -0.2) is 4.98 Å². The van der Waals surface area contributed by atoms with E-state index >= 15 is 0 Å². The van der Waals surface area contributed by atoms with Crippen molar-refractivity contribution in [3.63, 3.8) is 0 Å². The Balaban J connectivity index is 1.66. The van der Waals surface area contributed by atoms with E-state index in [0.29, 0.717) is 6.04 Å². The van der Waals surface area contributed by atoms with Crippen LogP contribution >= 0.6 is 0 Å². The van der Waals surface area contributed by atoms with Gasteiger partial charge in [-0.3, -0.25) is 4.98 Å². The number of fused-ring (bicyclic) bond motifs is 1. The highest BCUT2D eigenvalue weighted by molar-refractivity contribution is 5.36. The molecule has 7 heteroatoms. The van der Waals surface area contributed by atoms with Crippen molar-refractivity contribution in [3.8, 4) is 0 Å². The Labute approximate surface area is 118 Å². The summed E-state index contributed by atoms with van der Waals surface area (Å²) in [4.78, 5) is 11.1. The summed E-state index contributed by atoms with van der Waals surface area (Å²) in [6, 6.07) is 0.449. The number of anilines is 1. The average Bonchev–Trinajstić information content (AvgIpc) is 2.93. The smallest absolute Gasteiger partial charge is 0.152 e. The van der Waals surface area contributed by atoms with Crippen LogP contribution in [0.25, 0.3) is 0 Å². The fourth-order valence-electron chi connectivity index (χ4n) is 2.17. The molecule has 1 N–H and O–H groups in total. The second-order valence-corrected chi connectivity index (χ2v) is 5.26. The van der Waals surface area contributed by atoms with Crippen molar-refractivity contribution in [2.24, 2.45) is 0 Å². The molecule has 1 aliphatic rings. The SMILES string of the molecule is CC(C)NCc1cnc(N2CCn3cnnc3C2)cn1. The van der Waals surface area contributed by atoms with Gasteiger partial charge in [-0.1, -0.05) is 13.8 Å². The van der Waals surface area contributed by atoms with Crippen molar-refractivity contribution in [1.82, 2.24) is 30.0 Å². The van der Waals surface area contributed by atoms with E-state index in [1.165, 1.54) is 0 Å². The van der Waals surface area contributed by atoms with Crippen molar-refractivity contribution in [3.05, 3.63) is 30.2 Å². The van der Waals surface area contributed by atoms with E-state index in [-0.39, 0.29) is 0 Å². The van der Waals surface area contributed by atoms with Crippen LogP contribution in [0.1, 0.15) is 25.4 Å². The monoisotopic (exact) mass is 273 g/mol. The first-order valence-electron chi connectivity index (χ1n) is 6.88.